The number of aryl methyl sites for hydroxylation is 2. The SMILES string of the molecule is CCn1nc(C)c(Br)c1CC(NN)c1ncc(Br)cc1Br. The van der Waals surface area contributed by atoms with Crippen LogP contribution in [0.15, 0.2) is 25.7 Å². The number of nitrogens with one attached hydrogen (secondary N) is 1. The van der Waals surface area contributed by atoms with Crippen molar-refractivity contribution in [3.8, 4) is 0 Å². The summed E-state index contributed by atoms with van der Waals surface area (Å²) in [5.74, 6) is 5.74. The van der Waals surface area contributed by atoms with E-state index in [4.69, 9.17) is 5.84 Å². The monoisotopic (exact) mass is 479 g/mol. The molecule has 2 aromatic heterocycles. The molecule has 0 aromatic carbocycles. The predicted molar refractivity (Wildman–Crippen MR) is 93.7 cm³/mol. The van der Waals surface area contributed by atoms with E-state index in [9.17, 15) is 0 Å². The van der Waals surface area contributed by atoms with Gasteiger partial charge in [0.05, 0.1) is 27.6 Å². The summed E-state index contributed by atoms with van der Waals surface area (Å²) in [7, 11) is 0. The van der Waals surface area contributed by atoms with Crippen molar-refractivity contribution >= 4 is 47.8 Å². The Labute approximate surface area is 149 Å². The van der Waals surface area contributed by atoms with E-state index >= 15 is 0 Å². The van der Waals surface area contributed by atoms with Gasteiger partial charge in [-0.2, -0.15) is 5.10 Å². The third-order valence-electron chi connectivity index (χ3n) is 3.22. The van der Waals surface area contributed by atoms with E-state index < -0.39 is 0 Å². The molecule has 0 fully saturated rings. The molecular weight excluding hydrogens is 466 g/mol. The van der Waals surface area contributed by atoms with Gasteiger partial charge in [-0.3, -0.25) is 20.9 Å². The van der Waals surface area contributed by atoms with Gasteiger partial charge in [-0.05, 0) is 67.7 Å². The summed E-state index contributed by atoms with van der Waals surface area (Å²) < 4.78 is 4.84. The molecular formula is C13H16Br3N5. The Morgan fingerprint density at radius 3 is 2.67 bits per heavy atom. The Morgan fingerprint density at radius 2 is 2.10 bits per heavy atom. The number of aromatic nitrogens is 3. The Hall–Kier alpha value is -0.280. The summed E-state index contributed by atoms with van der Waals surface area (Å²) in [6.07, 6.45) is 2.46. The smallest absolute Gasteiger partial charge is 0.0738 e. The van der Waals surface area contributed by atoms with Crippen molar-refractivity contribution in [1.82, 2.24) is 20.2 Å². The minimum Gasteiger partial charge on any atom is -0.271 e. The van der Waals surface area contributed by atoms with Crippen molar-refractivity contribution in [2.24, 2.45) is 5.84 Å². The Balaban J connectivity index is 2.35. The van der Waals surface area contributed by atoms with E-state index in [1.165, 1.54) is 0 Å². The maximum Gasteiger partial charge on any atom is 0.0738 e. The van der Waals surface area contributed by atoms with E-state index in [0.717, 1.165) is 37.0 Å². The average molecular weight is 482 g/mol. The molecule has 0 saturated heterocycles. The fraction of sp³-hybridized carbons (Fsp3) is 0.385. The molecule has 0 saturated carbocycles. The molecule has 1 unspecified atom stereocenters. The van der Waals surface area contributed by atoms with Crippen LogP contribution < -0.4 is 11.3 Å². The quantitative estimate of drug-likeness (QED) is 0.505. The van der Waals surface area contributed by atoms with Crippen molar-refractivity contribution in [2.45, 2.75) is 32.9 Å². The average Bonchev–Trinajstić information content (AvgIpc) is 2.72. The fourth-order valence-corrected chi connectivity index (χ4v) is 3.88. The molecule has 2 heterocycles. The molecule has 0 radical (unpaired) electrons. The number of hydrogen-bond donors (Lipinski definition) is 2. The van der Waals surface area contributed by atoms with Crippen LogP contribution in [0.25, 0.3) is 0 Å². The number of halogens is 3. The molecule has 114 valence electrons. The molecule has 1 atom stereocenters. The standard InChI is InChI=1S/C13H16Br3N5/c1-3-21-11(12(16)7(2)20-21)5-10(19-17)13-9(15)4-8(14)6-18-13/h4,6,10,19H,3,5,17H2,1-2H3. The topological polar surface area (TPSA) is 68.8 Å². The van der Waals surface area contributed by atoms with Crippen molar-refractivity contribution in [1.29, 1.82) is 0 Å². The molecule has 2 aromatic rings. The highest BCUT2D eigenvalue weighted by atomic mass is 79.9. The number of pyridine rings is 1. The summed E-state index contributed by atoms with van der Waals surface area (Å²) in [5.41, 5.74) is 5.80. The normalized spacial score (nSPS) is 12.7. The molecule has 0 aliphatic heterocycles. The second-order valence-corrected chi connectivity index (χ2v) is 7.17. The van der Waals surface area contributed by atoms with Gasteiger partial charge in [0.25, 0.3) is 0 Å². The van der Waals surface area contributed by atoms with Crippen LogP contribution in [-0.4, -0.2) is 14.8 Å². The first kappa shape index (κ1) is 17.1. The third kappa shape index (κ3) is 3.73. The summed E-state index contributed by atoms with van der Waals surface area (Å²) >= 11 is 10.6. The van der Waals surface area contributed by atoms with Gasteiger partial charge in [-0.15, -0.1) is 0 Å². The van der Waals surface area contributed by atoms with Crippen LogP contribution in [0.5, 0.6) is 0 Å². The van der Waals surface area contributed by atoms with Crippen molar-refractivity contribution in [3.63, 3.8) is 0 Å². The molecule has 8 heteroatoms. The molecule has 0 aliphatic carbocycles. The van der Waals surface area contributed by atoms with Gasteiger partial charge in [-0.25, -0.2) is 0 Å². The molecule has 2 rings (SSSR count). The van der Waals surface area contributed by atoms with Crippen molar-refractivity contribution in [2.75, 3.05) is 0 Å². The maximum atomic E-state index is 5.74. The van der Waals surface area contributed by atoms with Gasteiger partial charge in [-0.1, -0.05) is 0 Å². The summed E-state index contributed by atoms with van der Waals surface area (Å²) in [6.45, 7) is 4.87. The van der Waals surface area contributed by atoms with Crippen LogP contribution in [0.4, 0.5) is 0 Å². The molecule has 5 nitrogen and oxygen atoms in total. The largest absolute Gasteiger partial charge is 0.271 e. The number of rotatable bonds is 5. The van der Waals surface area contributed by atoms with Gasteiger partial charge in [0.15, 0.2) is 0 Å². The summed E-state index contributed by atoms with van der Waals surface area (Å²) in [4.78, 5) is 4.46. The summed E-state index contributed by atoms with van der Waals surface area (Å²) in [5, 5.41) is 4.51. The number of nitrogens with two attached hydrogens (primary N) is 1. The highest BCUT2D eigenvalue weighted by Gasteiger charge is 2.21. The van der Waals surface area contributed by atoms with E-state index in [-0.39, 0.29) is 6.04 Å². The molecule has 0 bridgehead atoms. The van der Waals surface area contributed by atoms with Crippen LogP contribution in [-0.2, 0) is 13.0 Å². The van der Waals surface area contributed by atoms with Gasteiger partial charge >= 0.3 is 0 Å². The lowest BCUT2D eigenvalue weighted by atomic mass is 10.1. The Kier molecular flexibility index (Phi) is 5.96. The van der Waals surface area contributed by atoms with Gasteiger partial charge < -0.3 is 0 Å². The van der Waals surface area contributed by atoms with Crippen LogP contribution in [0, 0.1) is 6.92 Å². The fourth-order valence-electron chi connectivity index (χ4n) is 2.17. The lowest BCUT2D eigenvalue weighted by Crippen LogP contribution is -2.31. The first-order valence-electron chi connectivity index (χ1n) is 6.46. The summed E-state index contributed by atoms with van der Waals surface area (Å²) in [6, 6.07) is 1.86. The van der Waals surface area contributed by atoms with Crippen LogP contribution >= 0.6 is 47.8 Å². The lowest BCUT2D eigenvalue weighted by molar-refractivity contribution is 0.504. The minimum absolute atomic E-state index is 0.106. The maximum absolute atomic E-state index is 5.74. The number of hydrogen-bond acceptors (Lipinski definition) is 4. The van der Waals surface area contributed by atoms with Gasteiger partial charge in [0.2, 0.25) is 0 Å². The zero-order valence-electron chi connectivity index (χ0n) is 11.7. The number of hydrazine groups is 1. The predicted octanol–water partition coefficient (Wildman–Crippen LogP) is 3.64. The Bertz CT molecular complexity index is 641. The molecule has 21 heavy (non-hydrogen) atoms. The lowest BCUT2D eigenvalue weighted by Gasteiger charge is -2.18. The van der Waals surface area contributed by atoms with Crippen molar-refractivity contribution in [3.05, 3.63) is 42.8 Å². The number of nitrogens with zero attached hydrogens (tertiary/aromatic N) is 3. The zero-order chi connectivity index (χ0) is 15.6. The molecule has 0 amide bonds. The van der Waals surface area contributed by atoms with Crippen LogP contribution in [0.2, 0.25) is 0 Å². The highest BCUT2D eigenvalue weighted by Crippen LogP contribution is 2.29. The van der Waals surface area contributed by atoms with Gasteiger partial charge in [0.1, 0.15) is 0 Å². The third-order valence-corrected chi connectivity index (χ3v) is 5.32. The highest BCUT2D eigenvalue weighted by molar-refractivity contribution is 9.11. The molecule has 0 spiro atoms. The second kappa shape index (κ2) is 7.32. The first-order chi connectivity index (χ1) is 9.97. The Morgan fingerprint density at radius 1 is 1.38 bits per heavy atom. The van der Waals surface area contributed by atoms with Gasteiger partial charge in [0, 0.05) is 28.1 Å². The van der Waals surface area contributed by atoms with E-state index in [1.807, 2.05) is 17.7 Å². The van der Waals surface area contributed by atoms with Crippen LogP contribution in [0.3, 0.4) is 0 Å². The van der Waals surface area contributed by atoms with Crippen LogP contribution in [0.1, 0.15) is 30.0 Å². The van der Waals surface area contributed by atoms with E-state index in [0.29, 0.717) is 6.42 Å². The van der Waals surface area contributed by atoms with E-state index in [1.54, 1.807) is 6.20 Å². The minimum atomic E-state index is -0.106. The molecule has 3 N–H and O–H groups in total. The molecule has 0 aliphatic rings. The first-order valence-corrected chi connectivity index (χ1v) is 8.84. The van der Waals surface area contributed by atoms with E-state index in [2.05, 4.69) is 70.2 Å². The second-order valence-electron chi connectivity index (χ2n) is 4.61. The zero-order valence-corrected chi connectivity index (χ0v) is 16.5. The van der Waals surface area contributed by atoms with Crippen molar-refractivity contribution < 1.29 is 0 Å².